The van der Waals surface area contributed by atoms with Crippen LogP contribution in [0.2, 0.25) is 0 Å². The lowest BCUT2D eigenvalue weighted by Gasteiger charge is -2.23. The lowest BCUT2D eigenvalue weighted by atomic mass is 10.1. The van der Waals surface area contributed by atoms with Crippen molar-refractivity contribution in [1.82, 2.24) is 15.6 Å². The van der Waals surface area contributed by atoms with Crippen LogP contribution in [0.5, 0.6) is 0 Å². The molecule has 2 N–H and O–H groups in total. The Morgan fingerprint density at radius 1 is 1.29 bits per heavy atom. The van der Waals surface area contributed by atoms with E-state index < -0.39 is 0 Å². The maximum Gasteiger partial charge on any atom is 0.251 e. The fourth-order valence-corrected chi connectivity index (χ4v) is 2.46. The number of benzene rings is 1. The number of pyridine rings is 1. The number of piperidine rings is 1. The van der Waals surface area contributed by atoms with Crippen molar-refractivity contribution < 1.29 is 4.79 Å². The van der Waals surface area contributed by atoms with Gasteiger partial charge in [0.25, 0.3) is 5.91 Å². The first-order valence-electron chi connectivity index (χ1n) is 6.69. The van der Waals surface area contributed by atoms with Crippen LogP contribution >= 0.6 is 24.8 Å². The van der Waals surface area contributed by atoms with Crippen LogP contribution in [0.1, 0.15) is 23.2 Å². The minimum Gasteiger partial charge on any atom is -0.348 e. The van der Waals surface area contributed by atoms with Crippen molar-refractivity contribution in [2.24, 2.45) is 0 Å². The molecule has 4 nitrogen and oxygen atoms in total. The van der Waals surface area contributed by atoms with Gasteiger partial charge in [-0.3, -0.25) is 9.78 Å². The highest BCUT2D eigenvalue weighted by atomic mass is 35.5. The Hall–Kier alpha value is -1.36. The Bertz CT molecular complexity index is 600. The lowest BCUT2D eigenvalue weighted by Crippen LogP contribution is -2.45. The molecule has 1 aliphatic heterocycles. The predicted molar refractivity (Wildman–Crippen MR) is 89.6 cm³/mol. The molecule has 114 valence electrons. The quantitative estimate of drug-likeness (QED) is 0.891. The topological polar surface area (TPSA) is 54.0 Å². The summed E-state index contributed by atoms with van der Waals surface area (Å²) in [4.78, 5) is 16.5. The van der Waals surface area contributed by atoms with Gasteiger partial charge < -0.3 is 10.6 Å². The largest absolute Gasteiger partial charge is 0.348 e. The zero-order valence-electron chi connectivity index (χ0n) is 11.5. The highest BCUT2D eigenvalue weighted by Crippen LogP contribution is 2.13. The van der Waals surface area contributed by atoms with Crippen LogP contribution in [0.3, 0.4) is 0 Å². The normalized spacial score (nSPS) is 17.4. The minimum atomic E-state index is -0.000506. The molecule has 1 fully saturated rings. The molecule has 1 unspecified atom stereocenters. The summed E-state index contributed by atoms with van der Waals surface area (Å²) in [7, 11) is 0. The van der Waals surface area contributed by atoms with Crippen molar-refractivity contribution in [3.63, 3.8) is 0 Å². The average molecular weight is 328 g/mol. The standard InChI is InChI=1S/C15H17N3O.2ClH/c19-15(18-13-4-2-7-16-10-13)12-5-6-14-11(9-12)3-1-8-17-14;;/h1,3,5-6,8-9,13,16H,2,4,7,10H2,(H,18,19);2*1H. The average Bonchev–Trinajstić information content (AvgIpc) is 2.48. The van der Waals surface area contributed by atoms with E-state index in [0.29, 0.717) is 5.56 Å². The van der Waals surface area contributed by atoms with Crippen LogP contribution in [0, 0.1) is 0 Å². The van der Waals surface area contributed by atoms with Gasteiger partial charge >= 0.3 is 0 Å². The second-order valence-electron chi connectivity index (χ2n) is 4.93. The smallest absolute Gasteiger partial charge is 0.251 e. The highest BCUT2D eigenvalue weighted by molar-refractivity contribution is 5.98. The predicted octanol–water partition coefficient (Wildman–Crippen LogP) is 2.56. The van der Waals surface area contributed by atoms with Crippen LogP contribution in [-0.4, -0.2) is 30.0 Å². The first-order valence-corrected chi connectivity index (χ1v) is 6.69. The van der Waals surface area contributed by atoms with Gasteiger partial charge in [-0.25, -0.2) is 0 Å². The molecule has 1 atom stereocenters. The summed E-state index contributed by atoms with van der Waals surface area (Å²) in [6.07, 6.45) is 3.93. The van der Waals surface area contributed by atoms with Gasteiger partial charge in [0, 0.05) is 29.7 Å². The lowest BCUT2D eigenvalue weighted by molar-refractivity contribution is 0.0931. The van der Waals surface area contributed by atoms with Crippen molar-refractivity contribution in [3.05, 3.63) is 42.1 Å². The molecule has 0 saturated carbocycles. The van der Waals surface area contributed by atoms with E-state index in [-0.39, 0.29) is 36.8 Å². The first-order chi connectivity index (χ1) is 9.33. The van der Waals surface area contributed by atoms with Gasteiger partial charge in [0.1, 0.15) is 0 Å². The monoisotopic (exact) mass is 327 g/mol. The summed E-state index contributed by atoms with van der Waals surface area (Å²) in [5.41, 5.74) is 1.62. The molecule has 1 aliphatic rings. The summed E-state index contributed by atoms with van der Waals surface area (Å²) in [6.45, 7) is 1.91. The number of halogens is 2. The summed E-state index contributed by atoms with van der Waals surface area (Å²) in [5, 5.41) is 7.37. The molecule has 0 aliphatic carbocycles. The van der Waals surface area contributed by atoms with Gasteiger partial charge in [-0.05, 0) is 43.7 Å². The third kappa shape index (κ3) is 4.30. The molecule has 2 heterocycles. The summed E-state index contributed by atoms with van der Waals surface area (Å²) >= 11 is 0. The Morgan fingerprint density at radius 3 is 2.90 bits per heavy atom. The molecular weight excluding hydrogens is 309 g/mol. The fraction of sp³-hybridized carbons (Fsp3) is 0.333. The fourth-order valence-electron chi connectivity index (χ4n) is 2.46. The third-order valence-electron chi connectivity index (χ3n) is 3.50. The molecule has 1 aromatic carbocycles. The van der Waals surface area contributed by atoms with Crippen LogP contribution < -0.4 is 10.6 Å². The molecule has 1 aromatic heterocycles. The van der Waals surface area contributed by atoms with E-state index >= 15 is 0 Å². The van der Waals surface area contributed by atoms with Crippen molar-refractivity contribution in [1.29, 1.82) is 0 Å². The number of rotatable bonds is 2. The van der Waals surface area contributed by atoms with Crippen molar-refractivity contribution in [2.45, 2.75) is 18.9 Å². The van der Waals surface area contributed by atoms with Crippen molar-refractivity contribution in [3.8, 4) is 0 Å². The second kappa shape index (κ2) is 8.17. The maximum absolute atomic E-state index is 12.2. The summed E-state index contributed by atoms with van der Waals surface area (Å²) in [5.74, 6) is -0.000506. The molecule has 21 heavy (non-hydrogen) atoms. The number of hydrogen-bond donors (Lipinski definition) is 2. The molecule has 1 amide bonds. The zero-order chi connectivity index (χ0) is 13.1. The van der Waals surface area contributed by atoms with E-state index in [0.717, 1.165) is 36.8 Å². The summed E-state index contributed by atoms with van der Waals surface area (Å²) in [6, 6.07) is 9.72. The van der Waals surface area contributed by atoms with Gasteiger partial charge in [-0.2, -0.15) is 0 Å². The zero-order valence-corrected chi connectivity index (χ0v) is 13.2. The Morgan fingerprint density at radius 2 is 2.14 bits per heavy atom. The van der Waals surface area contributed by atoms with Gasteiger partial charge in [0.05, 0.1) is 5.52 Å². The Labute approximate surface area is 136 Å². The number of nitrogens with zero attached hydrogens (tertiary/aromatic N) is 1. The molecule has 2 aromatic rings. The van der Waals surface area contributed by atoms with E-state index in [9.17, 15) is 4.79 Å². The Balaban J connectivity index is 0.00000110. The van der Waals surface area contributed by atoms with E-state index in [1.54, 1.807) is 6.20 Å². The van der Waals surface area contributed by atoms with Crippen LogP contribution in [-0.2, 0) is 0 Å². The van der Waals surface area contributed by atoms with E-state index in [1.165, 1.54) is 0 Å². The maximum atomic E-state index is 12.2. The third-order valence-corrected chi connectivity index (χ3v) is 3.50. The van der Waals surface area contributed by atoms with Gasteiger partial charge in [-0.1, -0.05) is 6.07 Å². The molecule has 6 heteroatoms. The number of amides is 1. The SMILES string of the molecule is Cl.Cl.O=C(NC1CCCNC1)c1ccc2ncccc2c1. The minimum absolute atomic E-state index is 0. The molecule has 3 rings (SSSR count). The number of hydrogen-bond acceptors (Lipinski definition) is 3. The van der Waals surface area contributed by atoms with Gasteiger partial charge in [0.2, 0.25) is 0 Å². The molecule has 0 bridgehead atoms. The van der Waals surface area contributed by atoms with Gasteiger partial charge in [0.15, 0.2) is 0 Å². The highest BCUT2D eigenvalue weighted by Gasteiger charge is 2.16. The van der Waals surface area contributed by atoms with Crippen LogP contribution in [0.4, 0.5) is 0 Å². The molecule has 1 saturated heterocycles. The number of nitrogens with one attached hydrogen (secondary N) is 2. The van der Waals surface area contributed by atoms with Gasteiger partial charge in [-0.15, -0.1) is 24.8 Å². The van der Waals surface area contributed by atoms with Crippen LogP contribution in [0.25, 0.3) is 10.9 Å². The molecule has 0 spiro atoms. The number of carbonyl (C=O) groups is 1. The summed E-state index contributed by atoms with van der Waals surface area (Å²) < 4.78 is 0. The molecular formula is C15H19Cl2N3O. The van der Waals surface area contributed by atoms with E-state index in [4.69, 9.17) is 0 Å². The first kappa shape index (κ1) is 17.7. The Kier molecular flexibility index (Phi) is 6.89. The van der Waals surface area contributed by atoms with Crippen molar-refractivity contribution >= 4 is 41.6 Å². The second-order valence-corrected chi connectivity index (χ2v) is 4.93. The molecule has 0 radical (unpaired) electrons. The van der Waals surface area contributed by atoms with E-state index in [1.807, 2.05) is 30.3 Å². The number of aromatic nitrogens is 1. The van der Waals surface area contributed by atoms with E-state index in [2.05, 4.69) is 15.6 Å². The number of carbonyl (C=O) groups excluding carboxylic acids is 1. The van der Waals surface area contributed by atoms with Crippen LogP contribution in [0.15, 0.2) is 36.5 Å². The number of fused-ring (bicyclic) bond motifs is 1. The van der Waals surface area contributed by atoms with Crippen molar-refractivity contribution in [2.75, 3.05) is 13.1 Å².